The molecule has 0 N–H and O–H groups in total. The number of thiazole rings is 1. The minimum absolute atomic E-state index is 1.06. The molecule has 1 aliphatic rings. The van der Waals surface area contributed by atoms with E-state index < -0.39 is 0 Å². The smallest absolute Gasteiger partial charge is 0.124 e. The van der Waals surface area contributed by atoms with Crippen molar-refractivity contribution >= 4 is 38.2 Å². The third-order valence-corrected chi connectivity index (χ3v) is 9.94. The third-order valence-electron chi connectivity index (χ3n) is 7.44. The molecular formula is C36H27NS2. The standard InChI is InChI=1S/C36H27NS2/c1-24-13-14-27-7-2-4-11-33(27)38-35(24)28-19-15-25(16-20-28)30-8-6-9-31(23-30)26-17-21-29(22-18-26)36-37-32-10-3-5-12-34(32)39-36/h2-12,15-23H,13-14H2,1H3. The lowest BCUT2D eigenvalue weighted by molar-refractivity contribution is 0.930. The van der Waals surface area contributed by atoms with Gasteiger partial charge in [-0.15, -0.1) is 11.3 Å². The fourth-order valence-corrected chi connectivity index (χ4v) is 7.41. The highest BCUT2D eigenvalue weighted by atomic mass is 32.2. The van der Waals surface area contributed by atoms with Gasteiger partial charge in [0.25, 0.3) is 0 Å². The second-order valence-corrected chi connectivity index (χ2v) is 12.1. The number of allylic oxidation sites excluding steroid dienone is 1. The van der Waals surface area contributed by atoms with Crippen molar-refractivity contribution in [2.45, 2.75) is 24.7 Å². The fraction of sp³-hybridized carbons (Fsp3) is 0.0833. The van der Waals surface area contributed by atoms with Crippen LogP contribution in [-0.2, 0) is 6.42 Å². The Morgan fingerprint density at radius 2 is 1.21 bits per heavy atom. The van der Waals surface area contributed by atoms with Crippen LogP contribution in [0, 0.1) is 0 Å². The average molecular weight is 538 g/mol. The van der Waals surface area contributed by atoms with Crippen molar-refractivity contribution in [3.8, 4) is 32.8 Å². The van der Waals surface area contributed by atoms with Crippen molar-refractivity contribution < 1.29 is 0 Å². The summed E-state index contributed by atoms with van der Waals surface area (Å²) in [5.74, 6) is 0. The average Bonchev–Trinajstić information content (AvgIpc) is 3.36. The molecule has 0 atom stereocenters. The Kier molecular flexibility index (Phi) is 6.40. The maximum atomic E-state index is 4.81. The number of rotatable bonds is 4. The van der Waals surface area contributed by atoms with E-state index in [1.54, 1.807) is 11.3 Å². The highest BCUT2D eigenvalue weighted by molar-refractivity contribution is 8.08. The summed E-state index contributed by atoms with van der Waals surface area (Å²) in [6, 6.07) is 43.9. The summed E-state index contributed by atoms with van der Waals surface area (Å²) >= 11 is 3.66. The van der Waals surface area contributed by atoms with Gasteiger partial charge in [-0.25, -0.2) is 4.98 Å². The summed E-state index contributed by atoms with van der Waals surface area (Å²) in [6.45, 7) is 2.29. The summed E-state index contributed by atoms with van der Waals surface area (Å²) in [5, 5.41) is 1.07. The molecule has 6 aromatic rings. The monoisotopic (exact) mass is 537 g/mol. The number of fused-ring (bicyclic) bond motifs is 2. The summed E-state index contributed by atoms with van der Waals surface area (Å²) in [4.78, 5) is 7.60. The first-order valence-electron chi connectivity index (χ1n) is 13.3. The van der Waals surface area contributed by atoms with E-state index in [4.69, 9.17) is 4.98 Å². The van der Waals surface area contributed by atoms with Gasteiger partial charge in [-0.2, -0.15) is 0 Å². The van der Waals surface area contributed by atoms with Crippen molar-refractivity contribution in [2.24, 2.45) is 0 Å². The summed E-state index contributed by atoms with van der Waals surface area (Å²) in [7, 11) is 0. The van der Waals surface area contributed by atoms with E-state index in [-0.39, 0.29) is 0 Å². The molecule has 5 aromatic carbocycles. The molecule has 0 unspecified atom stereocenters. The molecular weight excluding hydrogens is 511 g/mol. The van der Waals surface area contributed by atoms with E-state index >= 15 is 0 Å². The van der Waals surface area contributed by atoms with Gasteiger partial charge in [0.15, 0.2) is 0 Å². The van der Waals surface area contributed by atoms with Gasteiger partial charge in [0, 0.05) is 15.4 Å². The Morgan fingerprint density at radius 3 is 1.95 bits per heavy atom. The maximum absolute atomic E-state index is 4.81. The van der Waals surface area contributed by atoms with Crippen LogP contribution in [0.5, 0.6) is 0 Å². The van der Waals surface area contributed by atoms with Crippen molar-refractivity contribution in [1.29, 1.82) is 0 Å². The van der Waals surface area contributed by atoms with Crippen LogP contribution >= 0.6 is 23.1 Å². The number of benzene rings is 5. The molecule has 1 nitrogen and oxygen atoms in total. The summed E-state index contributed by atoms with van der Waals surface area (Å²) in [5.41, 5.74) is 11.4. The Labute approximate surface area is 237 Å². The molecule has 0 saturated carbocycles. The topological polar surface area (TPSA) is 12.9 Å². The fourth-order valence-electron chi connectivity index (χ4n) is 5.24. The zero-order valence-corrected chi connectivity index (χ0v) is 23.4. The summed E-state index contributed by atoms with van der Waals surface area (Å²) < 4.78 is 1.23. The largest absolute Gasteiger partial charge is 0.236 e. The molecule has 0 spiro atoms. The molecule has 188 valence electrons. The van der Waals surface area contributed by atoms with E-state index in [0.717, 1.165) is 28.9 Å². The lowest BCUT2D eigenvalue weighted by Gasteiger charge is -2.12. The van der Waals surface area contributed by atoms with Gasteiger partial charge in [-0.1, -0.05) is 114 Å². The second-order valence-electron chi connectivity index (χ2n) is 10.0. The first-order chi connectivity index (χ1) is 19.2. The van der Waals surface area contributed by atoms with Crippen LogP contribution in [-0.4, -0.2) is 4.98 Å². The first-order valence-corrected chi connectivity index (χ1v) is 15.0. The van der Waals surface area contributed by atoms with Gasteiger partial charge in [-0.3, -0.25) is 0 Å². The van der Waals surface area contributed by atoms with Gasteiger partial charge in [0.05, 0.1) is 10.2 Å². The lowest BCUT2D eigenvalue weighted by atomic mass is 9.97. The van der Waals surface area contributed by atoms with Crippen LogP contribution in [0.3, 0.4) is 0 Å². The number of para-hydroxylation sites is 1. The van der Waals surface area contributed by atoms with E-state index in [1.807, 2.05) is 17.8 Å². The number of hydrogen-bond donors (Lipinski definition) is 0. The van der Waals surface area contributed by atoms with Crippen molar-refractivity contribution in [3.63, 3.8) is 0 Å². The molecule has 0 radical (unpaired) electrons. The highest BCUT2D eigenvalue weighted by Crippen LogP contribution is 2.43. The van der Waals surface area contributed by atoms with E-state index in [2.05, 4.69) is 122 Å². The van der Waals surface area contributed by atoms with E-state index in [0.29, 0.717) is 0 Å². The van der Waals surface area contributed by atoms with Gasteiger partial charge in [0.2, 0.25) is 0 Å². The molecule has 0 bridgehead atoms. The minimum atomic E-state index is 1.06. The van der Waals surface area contributed by atoms with E-state index in [9.17, 15) is 0 Å². The Balaban J connectivity index is 1.14. The minimum Gasteiger partial charge on any atom is -0.236 e. The Bertz CT molecular complexity index is 1790. The molecule has 0 aliphatic carbocycles. The number of aromatic nitrogens is 1. The predicted octanol–water partition coefficient (Wildman–Crippen LogP) is 10.8. The van der Waals surface area contributed by atoms with Crippen LogP contribution in [0.1, 0.15) is 24.5 Å². The zero-order valence-electron chi connectivity index (χ0n) is 21.7. The van der Waals surface area contributed by atoms with Gasteiger partial charge >= 0.3 is 0 Å². The molecule has 39 heavy (non-hydrogen) atoms. The van der Waals surface area contributed by atoms with Gasteiger partial charge in [-0.05, 0) is 77.4 Å². The van der Waals surface area contributed by atoms with Gasteiger partial charge in [0.1, 0.15) is 5.01 Å². The van der Waals surface area contributed by atoms with Crippen LogP contribution in [0.15, 0.2) is 132 Å². The number of nitrogens with zero attached hydrogens (tertiary/aromatic N) is 1. The molecule has 0 fully saturated rings. The first kappa shape index (κ1) is 24.1. The molecule has 1 aromatic heterocycles. The highest BCUT2D eigenvalue weighted by Gasteiger charge is 2.16. The number of hydrogen-bond acceptors (Lipinski definition) is 3. The Morgan fingerprint density at radius 1 is 0.564 bits per heavy atom. The zero-order chi connectivity index (χ0) is 26.2. The van der Waals surface area contributed by atoms with Crippen molar-refractivity contribution in [2.75, 3.05) is 0 Å². The third kappa shape index (κ3) is 4.85. The van der Waals surface area contributed by atoms with Crippen LogP contribution in [0.25, 0.3) is 47.9 Å². The SMILES string of the molecule is CC1=C(c2ccc(-c3cccc(-c4ccc(-c5nc6ccccc6s5)cc4)c3)cc2)Sc2ccccc2CC1. The predicted molar refractivity (Wildman–Crippen MR) is 169 cm³/mol. The van der Waals surface area contributed by atoms with Crippen LogP contribution in [0.2, 0.25) is 0 Å². The quantitative estimate of drug-likeness (QED) is 0.222. The lowest BCUT2D eigenvalue weighted by Crippen LogP contribution is -1.87. The van der Waals surface area contributed by atoms with E-state index in [1.165, 1.54) is 53.5 Å². The summed E-state index contributed by atoms with van der Waals surface area (Å²) in [6.07, 6.45) is 2.23. The van der Waals surface area contributed by atoms with Crippen molar-refractivity contribution in [3.05, 3.63) is 138 Å². The number of aryl methyl sites for hydroxylation is 1. The van der Waals surface area contributed by atoms with Crippen LogP contribution < -0.4 is 0 Å². The van der Waals surface area contributed by atoms with Crippen LogP contribution in [0.4, 0.5) is 0 Å². The molecule has 0 saturated heterocycles. The normalized spacial score (nSPS) is 13.4. The van der Waals surface area contributed by atoms with Gasteiger partial charge < -0.3 is 0 Å². The molecule has 7 rings (SSSR count). The maximum Gasteiger partial charge on any atom is 0.124 e. The molecule has 2 heterocycles. The number of thioether (sulfide) groups is 1. The van der Waals surface area contributed by atoms with Crippen molar-refractivity contribution in [1.82, 2.24) is 4.98 Å². The molecule has 1 aliphatic heterocycles. The Hall–Kier alpha value is -3.92. The molecule has 3 heteroatoms. The second kappa shape index (κ2) is 10.3. The molecule has 0 amide bonds.